The Morgan fingerprint density at radius 2 is 2.16 bits per heavy atom. The quantitative estimate of drug-likeness (QED) is 0.322. The second-order valence-electron chi connectivity index (χ2n) is 3.71. The molecule has 3 N–H and O–H groups in total. The van der Waals surface area contributed by atoms with Crippen molar-refractivity contribution in [3.63, 3.8) is 0 Å². The van der Waals surface area contributed by atoms with E-state index in [-0.39, 0.29) is 30.5 Å². The Hall–Kier alpha value is -1.61. The molecule has 0 aromatic carbocycles. The van der Waals surface area contributed by atoms with E-state index in [1.54, 1.807) is 0 Å². The van der Waals surface area contributed by atoms with E-state index in [0.29, 0.717) is 10.9 Å². The molecule has 106 valence electrons. The highest BCUT2D eigenvalue weighted by Crippen LogP contribution is 2.18. The van der Waals surface area contributed by atoms with Gasteiger partial charge in [-0.3, -0.25) is 10.2 Å². The van der Waals surface area contributed by atoms with E-state index in [4.69, 9.17) is 10.6 Å². The molecule has 8 nitrogen and oxygen atoms in total. The zero-order chi connectivity index (χ0) is 14.3. The van der Waals surface area contributed by atoms with Crippen LogP contribution >= 0.6 is 11.8 Å². The summed E-state index contributed by atoms with van der Waals surface area (Å²) in [7, 11) is 1.35. The number of hydrogen-bond acceptors (Lipinski definition) is 9. The monoisotopic (exact) mass is 287 g/mol. The van der Waals surface area contributed by atoms with Crippen LogP contribution in [-0.4, -0.2) is 39.9 Å². The minimum atomic E-state index is -0.280. The highest BCUT2D eigenvalue weighted by molar-refractivity contribution is 7.99. The van der Waals surface area contributed by atoms with Gasteiger partial charge in [-0.25, -0.2) is 5.84 Å². The summed E-state index contributed by atoms with van der Waals surface area (Å²) in [5, 5.41) is 0.433. The lowest BCUT2D eigenvalue weighted by atomic mass is 10.5. The van der Waals surface area contributed by atoms with Gasteiger partial charge in [0.25, 0.3) is 0 Å². The SMILES string of the molecule is COC(=O)CCSc1nc(NN)nc(OC(C)C)n1. The Balaban J connectivity index is 2.68. The Bertz CT molecular complexity index is 430. The lowest BCUT2D eigenvalue weighted by Gasteiger charge is -2.09. The molecule has 0 unspecified atom stereocenters. The van der Waals surface area contributed by atoms with Crippen LogP contribution in [0.5, 0.6) is 6.01 Å². The van der Waals surface area contributed by atoms with Crippen LogP contribution in [-0.2, 0) is 9.53 Å². The maximum absolute atomic E-state index is 11.0. The minimum absolute atomic E-state index is 0.0547. The van der Waals surface area contributed by atoms with Crippen LogP contribution in [0, 0.1) is 0 Å². The highest BCUT2D eigenvalue weighted by Gasteiger charge is 2.10. The highest BCUT2D eigenvalue weighted by atomic mass is 32.2. The molecule has 1 rings (SSSR count). The number of methoxy groups -OCH3 is 1. The Kier molecular flexibility index (Phi) is 6.30. The van der Waals surface area contributed by atoms with Crippen molar-refractivity contribution >= 4 is 23.7 Å². The first-order chi connectivity index (χ1) is 9.05. The predicted molar refractivity (Wildman–Crippen MR) is 70.8 cm³/mol. The van der Waals surface area contributed by atoms with Crippen molar-refractivity contribution in [3.05, 3.63) is 0 Å². The molecular formula is C10H17N5O3S. The molecule has 9 heteroatoms. The molecule has 0 atom stereocenters. The number of carbonyl (C=O) groups excluding carboxylic acids is 1. The molecule has 19 heavy (non-hydrogen) atoms. The third-order valence-corrected chi connectivity index (χ3v) is 2.68. The van der Waals surface area contributed by atoms with E-state index in [1.807, 2.05) is 13.8 Å². The Labute approximate surface area is 115 Å². The summed E-state index contributed by atoms with van der Waals surface area (Å²) >= 11 is 1.30. The second-order valence-corrected chi connectivity index (χ2v) is 4.77. The number of nitrogens with one attached hydrogen (secondary N) is 1. The maximum Gasteiger partial charge on any atom is 0.322 e. The number of rotatable bonds is 7. The predicted octanol–water partition coefficient (Wildman–Crippen LogP) is 0.600. The number of nitrogens with zero attached hydrogens (tertiary/aromatic N) is 3. The number of thioether (sulfide) groups is 1. The fourth-order valence-electron chi connectivity index (χ4n) is 1.06. The van der Waals surface area contributed by atoms with Crippen molar-refractivity contribution in [2.24, 2.45) is 5.84 Å². The molecule has 0 radical (unpaired) electrons. The van der Waals surface area contributed by atoms with E-state index in [9.17, 15) is 4.79 Å². The number of esters is 1. The number of anilines is 1. The summed E-state index contributed by atoms with van der Waals surface area (Å²) in [6, 6.07) is 0.193. The van der Waals surface area contributed by atoms with E-state index in [0.717, 1.165) is 0 Å². The fourth-order valence-corrected chi connectivity index (χ4v) is 1.80. The van der Waals surface area contributed by atoms with E-state index >= 15 is 0 Å². The van der Waals surface area contributed by atoms with Gasteiger partial charge in [-0.2, -0.15) is 15.0 Å². The second kappa shape index (κ2) is 7.74. The van der Waals surface area contributed by atoms with Gasteiger partial charge in [0.1, 0.15) is 0 Å². The molecule has 0 saturated heterocycles. The lowest BCUT2D eigenvalue weighted by molar-refractivity contribution is -0.140. The lowest BCUT2D eigenvalue weighted by Crippen LogP contribution is -2.15. The van der Waals surface area contributed by atoms with Crippen LogP contribution in [0.1, 0.15) is 20.3 Å². The van der Waals surface area contributed by atoms with Gasteiger partial charge in [-0.15, -0.1) is 0 Å². The van der Waals surface area contributed by atoms with Crippen LogP contribution in [0.4, 0.5) is 5.95 Å². The van der Waals surface area contributed by atoms with Gasteiger partial charge in [-0.05, 0) is 13.8 Å². The number of nitrogen functional groups attached to an aromatic ring is 1. The number of ether oxygens (including phenoxy) is 2. The minimum Gasteiger partial charge on any atom is -0.469 e. The fraction of sp³-hybridized carbons (Fsp3) is 0.600. The molecule has 0 bridgehead atoms. The van der Waals surface area contributed by atoms with Gasteiger partial charge in [0.15, 0.2) is 5.16 Å². The first kappa shape index (κ1) is 15.4. The first-order valence-corrected chi connectivity index (χ1v) is 6.62. The first-order valence-electron chi connectivity index (χ1n) is 5.64. The molecule has 0 aliphatic carbocycles. The molecule has 1 heterocycles. The van der Waals surface area contributed by atoms with Gasteiger partial charge in [0, 0.05) is 5.75 Å². The Morgan fingerprint density at radius 1 is 1.42 bits per heavy atom. The van der Waals surface area contributed by atoms with Crippen LogP contribution < -0.4 is 16.0 Å². The zero-order valence-corrected chi connectivity index (χ0v) is 11.9. The van der Waals surface area contributed by atoms with Crippen molar-refractivity contribution in [1.82, 2.24) is 15.0 Å². The average molecular weight is 287 g/mol. The largest absolute Gasteiger partial charge is 0.469 e. The number of aromatic nitrogens is 3. The number of carbonyl (C=O) groups is 1. The molecule has 1 aromatic rings. The number of nitrogens with two attached hydrogens (primary N) is 1. The van der Waals surface area contributed by atoms with E-state index < -0.39 is 0 Å². The van der Waals surface area contributed by atoms with Crippen LogP contribution in [0.2, 0.25) is 0 Å². The van der Waals surface area contributed by atoms with Crippen LogP contribution in [0.15, 0.2) is 5.16 Å². The third-order valence-electron chi connectivity index (χ3n) is 1.83. The average Bonchev–Trinajstić information content (AvgIpc) is 2.37. The van der Waals surface area contributed by atoms with Gasteiger partial charge in [0.05, 0.1) is 19.6 Å². The normalized spacial score (nSPS) is 10.4. The summed E-state index contributed by atoms with van der Waals surface area (Å²) in [5.74, 6) is 5.71. The van der Waals surface area contributed by atoms with Crippen molar-refractivity contribution in [2.45, 2.75) is 31.5 Å². The Morgan fingerprint density at radius 3 is 2.74 bits per heavy atom. The summed E-state index contributed by atoms with van der Waals surface area (Å²) in [5.41, 5.74) is 2.34. The number of hydrazine groups is 1. The van der Waals surface area contributed by atoms with Gasteiger partial charge < -0.3 is 9.47 Å². The summed E-state index contributed by atoms with van der Waals surface area (Å²) < 4.78 is 9.93. The van der Waals surface area contributed by atoms with Gasteiger partial charge >= 0.3 is 12.0 Å². The van der Waals surface area contributed by atoms with Crippen LogP contribution in [0.3, 0.4) is 0 Å². The topological polar surface area (TPSA) is 112 Å². The van der Waals surface area contributed by atoms with E-state index in [2.05, 4.69) is 25.1 Å². The molecule has 0 saturated carbocycles. The zero-order valence-electron chi connectivity index (χ0n) is 11.0. The van der Waals surface area contributed by atoms with Crippen molar-refractivity contribution < 1.29 is 14.3 Å². The standard InChI is InChI=1S/C10H17N5O3S/c1-6(2)18-9-12-8(15-11)13-10(14-9)19-5-4-7(16)17-3/h6H,4-5,11H2,1-3H3,(H,12,13,14,15). The molecule has 0 fully saturated rings. The van der Waals surface area contributed by atoms with Crippen molar-refractivity contribution in [1.29, 1.82) is 0 Å². The molecule has 0 aliphatic rings. The summed E-state index contributed by atoms with van der Waals surface area (Å²) in [4.78, 5) is 23.1. The molecule has 0 aliphatic heterocycles. The number of hydrogen-bond donors (Lipinski definition) is 2. The third kappa shape index (κ3) is 5.71. The molecule has 0 amide bonds. The van der Waals surface area contributed by atoms with Crippen molar-refractivity contribution in [3.8, 4) is 6.01 Å². The molecule has 1 aromatic heterocycles. The van der Waals surface area contributed by atoms with Crippen LogP contribution in [0.25, 0.3) is 0 Å². The summed E-state index contributed by atoms with van der Waals surface area (Å²) in [6.07, 6.45) is 0.222. The molecular weight excluding hydrogens is 270 g/mol. The smallest absolute Gasteiger partial charge is 0.322 e. The maximum atomic E-state index is 11.0. The van der Waals surface area contributed by atoms with Gasteiger partial charge in [-0.1, -0.05) is 11.8 Å². The summed E-state index contributed by atoms with van der Waals surface area (Å²) in [6.45, 7) is 3.73. The van der Waals surface area contributed by atoms with Crippen molar-refractivity contribution in [2.75, 3.05) is 18.3 Å². The van der Waals surface area contributed by atoms with E-state index in [1.165, 1.54) is 18.9 Å². The van der Waals surface area contributed by atoms with Gasteiger partial charge in [0.2, 0.25) is 5.95 Å². The molecule has 0 spiro atoms.